The highest BCUT2D eigenvalue weighted by atomic mass is 35.5. The summed E-state index contributed by atoms with van der Waals surface area (Å²) in [5.74, 6) is 0.235. The number of alkyl halides is 3. The Morgan fingerprint density at radius 1 is 1.09 bits per heavy atom. The number of amides is 1. The lowest BCUT2D eigenvalue weighted by Gasteiger charge is -2.33. The summed E-state index contributed by atoms with van der Waals surface area (Å²) in [5, 5.41) is 3.01. The first-order chi connectivity index (χ1) is 15.7. The summed E-state index contributed by atoms with van der Waals surface area (Å²) in [6, 6.07) is 7.32. The number of hydrogen-bond acceptors (Lipinski definition) is 4. The van der Waals surface area contributed by atoms with Gasteiger partial charge in [-0.1, -0.05) is 11.6 Å². The molecule has 2 saturated heterocycles. The summed E-state index contributed by atoms with van der Waals surface area (Å²) in [6.07, 6.45) is -1.59. The molecule has 0 bridgehead atoms. The SMILES string of the molecule is O=C(NCC1CCN(c2ccc(F)cc2)C1)C1CCN(c2ncc(C(F)(F)F)cc2Cl)CC1. The number of anilines is 2. The van der Waals surface area contributed by atoms with Crippen LogP contribution in [0.3, 0.4) is 0 Å². The third kappa shape index (κ3) is 5.69. The van der Waals surface area contributed by atoms with Crippen molar-refractivity contribution in [3.8, 4) is 0 Å². The highest BCUT2D eigenvalue weighted by molar-refractivity contribution is 6.33. The number of benzene rings is 1. The van der Waals surface area contributed by atoms with E-state index >= 15 is 0 Å². The van der Waals surface area contributed by atoms with Gasteiger partial charge in [-0.15, -0.1) is 0 Å². The Bertz CT molecular complexity index is 977. The lowest BCUT2D eigenvalue weighted by Crippen LogP contribution is -2.42. The van der Waals surface area contributed by atoms with Crippen molar-refractivity contribution in [3.05, 3.63) is 52.9 Å². The number of piperidine rings is 1. The third-order valence-corrected chi connectivity index (χ3v) is 6.64. The number of carbonyl (C=O) groups excluding carboxylic acids is 1. The van der Waals surface area contributed by atoms with Crippen LogP contribution in [-0.2, 0) is 11.0 Å². The predicted molar refractivity (Wildman–Crippen MR) is 119 cm³/mol. The number of aromatic nitrogens is 1. The van der Waals surface area contributed by atoms with Gasteiger partial charge >= 0.3 is 6.18 Å². The number of nitrogens with one attached hydrogen (secondary N) is 1. The summed E-state index contributed by atoms with van der Waals surface area (Å²) < 4.78 is 51.6. The van der Waals surface area contributed by atoms with E-state index in [1.54, 1.807) is 12.1 Å². The van der Waals surface area contributed by atoms with E-state index in [9.17, 15) is 22.4 Å². The summed E-state index contributed by atoms with van der Waals surface area (Å²) >= 11 is 6.05. The van der Waals surface area contributed by atoms with Crippen molar-refractivity contribution in [1.29, 1.82) is 0 Å². The molecule has 1 amide bonds. The third-order valence-electron chi connectivity index (χ3n) is 6.36. The second kappa shape index (κ2) is 9.75. The Morgan fingerprint density at radius 2 is 1.76 bits per heavy atom. The number of carbonyl (C=O) groups is 1. The van der Waals surface area contributed by atoms with Gasteiger partial charge in [-0.3, -0.25) is 4.79 Å². The predicted octanol–water partition coefficient (Wildman–Crippen LogP) is 4.75. The molecule has 0 saturated carbocycles. The van der Waals surface area contributed by atoms with Gasteiger partial charge in [0.2, 0.25) is 5.91 Å². The smallest absolute Gasteiger partial charge is 0.371 e. The average molecular weight is 485 g/mol. The molecule has 4 rings (SSSR count). The van der Waals surface area contributed by atoms with Crippen LogP contribution in [0.25, 0.3) is 0 Å². The van der Waals surface area contributed by atoms with Gasteiger partial charge in [0.1, 0.15) is 11.6 Å². The van der Waals surface area contributed by atoms with Crippen molar-refractivity contribution in [1.82, 2.24) is 10.3 Å². The van der Waals surface area contributed by atoms with Crippen molar-refractivity contribution in [2.24, 2.45) is 11.8 Å². The minimum absolute atomic E-state index is 0.00126. The van der Waals surface area contributed by atoms with Gasteiger partial charge < -0.3 is 15.1 Å². The Morgan fingerprint density at radius 3 is 2.39 bits per heavy atom. The molecule has 1 aromatic carbocycles. The van der Waals surface area contributed by atoms with Gasteiger partial charge in [-0.05, 0) is 55.5 Å². The molecule has 0 radical (unpaired) electrons. The van der Waals surface area contributed by atoms with Crippen LogP contribution in [0.2, 0.25) is 5.02 Å². The molecule has 178 valence electrons. The molecule has 2 aliphatic rings. The van der Waals surface area contributed by atoms with E-state index in [0.29, 0.717) is 44.2 Å². The number of pyridine rings is 1. The van der Waals surface area contributed by atoms with E-state index in [1.807, 2.05) is 4.90 Å². The van der Waals surface area contributed by atoms with Gasteiger partial charge in [0, 0.05) is 50.5 Å². The molecule has 2 aromatic rings. The summed E-state index contributed by atoms with van der Waals surface area (Å²) in [4.78, 5) is 20.6. The largest absolute Gasteiger partial charge is 0.417 e. The normalized spacial score (nSPS) is 19.7. The lowest BCUT2D eigenvalue weighted by molar-refractivity contribution is -0.137. The molecule has 1 N–H and O–H groups in total. The number of nitrogens with zero attached hydrogens (tertiary/aromatic N) is 3. The van der Waals surface area contributed by atoms with Crippen molar-refractivity contribution in [3.63, 3.8) is 0 Å². The van der Waals surface area contributed by atoms with Crippen LogP contribution in [0, 0.1) is 17.7 Å². The fourth-order valence-electron chi connectivity index (χ4n) is 4.45. The zero-order valence-electron chi connectivity index (χ0n) is 17.9. The molecule has 5 nitrogen and oxygen atoms in total. The molecule has 3 heterocycles. The molecule has 1 atom stereocenters. The molecule has 33 heavy (non-hydrogen) atoms. The molecule has 2 fully saturated rings. The van der Waals surface area contributed by atoms with Crippen LogP contribution in [0.15, 0.2) is 36.5 Å². The first-order valence-corrected chi connectivity index (χ1v) is 11.3. The minimum Gasteiger partial charge on any atom is -0.371 e. The van der Waals surface area contributed by atoms with E-state index in [1.165, 1.54) is 12.1 Å². The van der Waals surface area contributed by atoms with Gasteiger partial charge in [0.25, 0.3) is 0 Å². The van der Waals surface area contributed by atoms with E-state index in [-0.39, 0.29) is 22.7 Å². The van der Waals surface area contributed by atoms with Gasteiger partial charge in [0.05, 0.1) is 10.6 Å². The van der Waals surface area contributed by atoms with Crippen LogP contribution in [-0.4, -0.2) is 43.6 Å². The number of halogens is 5. The van der Waals surface area contributed by atoms with Crippen LogP contribution in [0.5, 0.6) is 0 Å². The quantitative estimate of drug-likeness (QED) is 0.622. The van der Waals surface area contributed by atoms with E-state index in [2.05, 4.69) is 15.2 Å². The van der Waals surface area contributed by atoms with Crippen molar-refractivity contribution < 1.29 is 22.4 Å². The Hall–Kier alpha value is -2.55. The molecule has 0 aliphatic carbocycles. The van der Waals surface area contributed by atoms with Gasteiger partial charge in [-0.25, -0.2) is 9.37 Å². The number of hydrogen-bond donors (Lipinski definition) is 1. The highest BCUT2D eigenvalue weighted by Gasteiger charge is 2.33. The molecule has 0 spiro atoms. The van der Waals surface area contributed by atoms with Gasteiger partial charge in [-0.2, -0.15) is 13.2 Å². The van der Waals surface area contributed by atoms with Crippen LogP contribution < -0.4 is 15.1 Å². The van der Waals surface area contributed by atoms with Crippen LogP contribution >= 0.6 is 11.6 Å². The molecule has 10 heteroatoms. The van der Waals surface area contributed by atoms with E-state index in [4.69, 9.17) is 11.6 Å². The Kier molecular flexibility index (Phi) is 6.97. The van der Waals surface area contributed by atoms with Crippen LogP contribution in [0.4, 0.5) is 29.1 Å². The van der Waals surface area contributed by atoms with Crippen molar-refractivity contribution in [2.45, 2.75) is 25.4 Å². The minimum atomic E-state index is -4.49. The fraction of sp³-hybridized carbons (Fsp3) is 0.478. The fourth-order valence-corrected chi connectivity index (χ4v) is 4.73. The standard InChI is InChI=1S/C23H25ClF4N4O/c24-20-11-17(23(26,27)28)13-29-21(20)31-9-6-16(7-10-31)22(33)30-12-15-5-8-32(14-15)19-3-1-18(25)2-4-19/h1-4,11,13,15-16H,5-10,12,14H2,(H,30,33). The molecule has 1 unspecified atom stereocenters. The number of rotatable bonds is 5. The van der Waals surface area contributed by atoms with Crippen molar-refractivity contribution in [2.75, 3.05) is 42.5 Å². The second-order valence-electron chi connectivity index (χ2n) is 8.61. The molecular formula is C23H25ClF4N4O. The lowest BCUT2D eigenvalue weighted by atomic mass is 9.95. The molecular weight excluding hydrogens is 460 g/mol. The Labute approximate surface area is 194 Å². The monoisotopic (exact) mass is 484 g/mol. The van der Waals surface area contributed by atoms with Gasteiger partial charge in [0.15, 0.2) is 0 Å². The first-order valence-electron chi connectivity index (χ1n) is 11.0. The summed E-state index contributed by atoms with van der Waals surface area (Å²) in [6.45, 7) is 3.26. The maximum atomic E-state index is 13.1. The zero-order valence-corrected chi connectivity index (χ0v) is 18.7. The first kappa shape index (κ1) is 23.6. The van der Waals surface area contributed by atoms with Crippen molar-refractivity contribution >= 4 is 29.0 Å². The second-order valence-corrected chi connectivity index (χ2v) is 9.02. The topological polar surface area (TPSA) is 48.5 Å². The average Bonchev–Trinajstić information content (AvgIpc) is 3.26. The maximum absolute atomic E-state index is 13.1. The van der Waals surface area contributed by atoms with Crippen LogP contribution in [0.1, 0.15) is 24.8 Å². The maximum Gasteiger partial charge on any atom is 0.417 e. The Balaban J connectivity index is 1.23. The zero-order chi connectivity index (χ0) is 23.6. The molecule has 2 aliphatic heterocycles. The highest BCUT2D eigenvalue weighted by Crippen LogP contribution is 2.34. The summed E-state index contributed by atoms with van der Waals surface area (Å²) in [7, 11) is 0. The van der Waals surface area contributed by atoms with E-state index < -0.39 is 11.7 Å². The molecule has 1 aromatic heterocycles. The van der Waals surface area contributed by atoms with E-state index in [0.717, 1.165) is 37.5 Å². The summed E-state index contributed by atoms with van der Waals surface area (Å²) in [5.41, 5.74) is 0.101.